The SMILES string of the molecule is COc1ccc(OCC(=O)Nc2ccc(NC(=O)c3cc4ccccc4o3)c(C)c2)cc1. The summed E-state index contributed by atoms with van der Waals surface area (Å²) in [4.78, 5) is 24.8. The molecule has 0 spiro atoms. The van der Waals surface area contributed by atoms with Gasteiger partial charge in [-0.15, -0.1) is 0 Å². The van der Waals surface area contributed by atoms with Crippen molar-refractivity contribution < 1.29 is 23.5 Å². The molecule has 7 heteroatoms. The molecule has 3 aromatic carbocycles. The Balaban J connectivity index is 1.34. The number of fused-ring (bicyclic) bond motifs is 1. The highest BCUT2D eigenvalue weighted by molar-refractivity contribution is 6.05. The van der Waals surface area contributed by atoms with Crippen LogP contribution >= 0.6 is 0 Å². The molecule has 1 aromatic heterocycles. The van der Waals surface area contributed by atoms with Crippen molar-refractivity contribution in [3.8, 4) is 11.5 Å². The maximum Gasteiger partial charge on any atom is 0.291 e. The van der Waals surface area contributed by atoms with Crippen LogP contribution in [0.2, 0.25) is 0 Å². The van der Waals surface area contributed by atoms with E-state index in [0.29, 0.717) is 28.5 Å². The van der Waals surface area contributed by atoms with Gasteiger partial charge in [0.15, 0.2) is 12.4 Å². The summed E-state index contributed by atoms with van der Waals surface area (Å²) in [5.74, 6) is 0.887. The smallest absolute Gasteiger partial charge is 0.291 e. The first-order valence-electron chi connectivity index (χ1n) is 9.99. The van der Waals surface area contributed by atoms with Crippen LogP contribution in [0.25, 0.3) is 11.0 Å². The van der Waals surface area contributed by atoms with E-state index in [1.807, 2.05) is 31.2 Å². The number of para-hydroxylation sites is 1. The molecular weight excluding hydrogens is 408 g/mol. The zero-order valence-electron chi connectivity index (χ0n) is 17.7. The molecule has 7 nitrogen and oxygen atoms in total. The van der Waals surface area contributed by atoms with Crippen LogP contribution in [-0.4, -0.2) is 25.5 Å². The van der Waals surface area contributed by atoms with Gasteiger partial charge in [0.05, 0.1) is 7.11 Å². The lowest BCUT2D eigenvalue weighted by Crippen LogP contribution is -2.20. The molecule has 0 aliphatic carbocycles. The topological polar surface area (TPSA) is 89.8 Å². The van der Waals surface area contributed by atoms with E-state index in [4.69, 9.17) is 13.9 Å². The molecule has 0 atom stereocenters. The van der Waals surface area contributed by atoms with Crippen molar-refractivity contribution in [2.45, 2.75) is 6.92 Å². The van der Waals surface area contributed by atoms with Gasteiger partial charge in [-0.2, -0.15) is 0 Å². The van der Waals surface area contributed by atoms with Gasteiger partial charge in [0.1, 0.15) is 17.1 Å². The molecule has 0 unspecified atom stereocenters. The second kappa shape index (κ2) is 9.26. The summed E-state index contributed by atoms with van der Waals surface area (Å²) in [5, 5.41) is 6.49. The predicted octanol–water partition coefficient (Wildman–Crippen LogP) is 5.02. The summed E-state index contributed by atoms with van der Waals surface area (Å²) in [5.41, 5.74) is 2.68. The number of anilines is 2. The first-order chi connectivity index (χ1) is 15.5. The Kier molecular flexibility index (Phi) is 6.07. The van der Waals surface area contributed by atoms with Crippen LogP contribution in [0.15, 0.2) is 77.2 Å². The maximum atomic E-state index is 12.6. The van der Waals surface area contributed by atoms with Crippen molar-refractivity contribution in [3.05, 3.63) is 84.1 Å². The van der Waals surface area contributed by atoms with E-state index in [1.165, 1.54) is 0 Å². The molecule has 0 fully saturated rings. The van der Waals surface area contributed by atoms with Crippen molar-refractivity contribution in [1.29, 1.82) is 0 Å². The monoisotopic (exact) mass is 430 g/mol. The molecule has 0 bridgehead atoms. The molecule has 0 aliphatic rings. The van der Waals surface area contributed by atoms with Gasteiger partial charge >= 0.3 is 0 Å². The van der Waals surface area contributed by atoms with Gasteiger partial charge < -0.3 is 24.5 Å². The Morgan fingerprint density at radius 2 is 1.66 bits per heavy atom. The Hall–Kier alpha value is -4.26. The molecule has 0 radical (unpaired) electrons. The summed E-state index contributed by atoms with van der Waals surface area (Å²) in [7, 11) is 1.58. The van der Waals surface area contributed by atoms with Crippen LogP contribution in [0.3, 0.4) is 0 Å². The lowest BCUT2D eigenvalue weighted by molar-refractivity contribution is -0.118. The van der Waals surface area contributed by atoms with Crippen LogP contribution in [0.4, 0.5) is 11.4 Å². The van der Waals surface area contributed by atoms with Gasteiger partial charge in [-0.3, -0.25) is 9.59 Å². The average Bonchev–Trinajstić information content (AvgIpc) is 3.24. The number of rotatable bonds is 7. The number of carbonyl (C=O) groups is 2. The summed E-state index contributed by atoms with van der Waals surface area (Å²) in [6.45, 7) is 1.72. The van der Waals surface area contributed by atoms with E-state index >= 15 is 0 Å². The van der Waals surface area contributed by atoms with Crippen LogP contribution in [-0.2, 0) is 4.79 Å². The average molecular weight is 430 g/mol. The van der Waals surface area contributed by atoms with E-state index in [-0.39, 0.29) is 24.2 Å². The van der Waals surface area contributed by atoms with E-state index in [2.05, 4.69) is 10.6 Å². The van der Waals surface area contributed by atoms with E-state index in [9.17, 15) is 9.59 Å². The number of amides is 2. The number of nitrogens with one attached hydrogen (secondary N) is 2. The third-order valence-electron chi connectivity index (χ3n) is 4.84. The van der Waals surface area contributed by atoms with Crippen molar-refractivity contribution in [2.75, 3.05) is 24.4 Å². The van der Waals surface area contributed by atoms with Gasteiger partial charge in [0, 0.05) is 16.8 Å². The van der Waals surface area contributed by atoms with Gasteiger partial charge in [0.25, 0.3) is 11.8 Å². The highest BCUT2D eigenvalue weighted by Gasteiger charge is 2.14. The molecule has 0 saturated heterocycles. The fourth-order valence-electron chi connectivity index (χ4n) is 3.18. The van der Waals surface area contributed by atoms with Gasteiger partial charge in [-0.05, 0) is 67.1 Å². The minimum Gasteiger partial charge on any atom is -0.497 e. The van der Waals surface area contributed by atoms with Crippen molar-refractivity contribution >= 4 is 34.2 Å². The number of benzene rings is 3. The Morgan fingerprint density at radius 1 is 0.906 bits per heavy atom. The first kappa shape index (κ1) is 21.0. The van der Waals surface area contributed by atoms with Crippen LogP contribution in [0, 0.1) is 6.92 Å². The quantitative estimate of drug-likeness (QED) is 0.430. The second-order valence-corrected chi connectivity index (χ2v) is 7.14. The third-order valence-corrected chi connectivity index (χ3v) is 4.84. The van der Waals surface area contributed by atoms with E-state index in [1.54, 1.807) is 55.6 Å². The number of carbonyl (C=O) groups excluding carboxylic acids is 2. The largest absolute Gasteiger partial charge is 0.497 e. The molecule has 162 valence electrons. The second-order valence-electron chi connectivity index (χ2n) is 7.14. The molecule has 2 N–H and O–H groups in total. The summed E-state index contributed by atoms with van der Waals surface area (Å²) in [6.07, 6.45) is 0. The maximum absolute atomic E-state index is 12.6. The molecule has 32 heavy (non-hydrogen) atoms. The van der Waals surface area contributed by atoms with Crippen molar-refractivity contribution in [1.82, 2.24) is 0 Å². The van der Waals surface area contributed by atoms with Gasteiger partial charge in [-0.25, -0.2) is 0 Å². The summed E-state index contributed by atoms with van der Waals surface area (Å²) in [6, 6.07) is 21.4. The highest BCUT2D eigenvalue weighted by Crippen LogP contribution is 2.23. The number of hydrogen-bond donors (Lipinski definition) is 2. The number of hydrogen-bond acceptors (Lipinski definition) is 5. The normalized spacial score (nSPS) is 10.6. The zero-order valence-corrected chi connectivity index (χ0v) is 17.7. The fraction of sp³-hybridized carbons (Fsp3) is 0.120. The summed E-state index contributed by atoms with van der Waals surface area (Å²) < 4.78 is 16.2. The fourth-order valence-corrected chi connectivity index (χ4v) is 3.18. The number of methoxy groups -OCH3 is 1. The first-order valence-corrected chi connectivity index (χ1v) is 9.99. The van der Waals surface area contributed by atoms with Crippen LogP contribution in [0.5, 0.6) is 11.5 Å². The number of aryl methyl sites for hydroxylation is 1. The minimum atomic E-state index is -0.339. The lowest BCUT2D eigenvalue weighted by atomic mass is 10.1. The molecule has 4 rings (SSSR count). The van der Waals surface area contributed by atoms with Crippen molar-refractivity contribution in [2.24, 2.45) is 0 Å². The van der Waals surface area contributed by atoms with Gasteiger partial charge in [-0.1, -0.05) is 18.2 Å². The standard InChI is InChI=1S/C25H22N2O5/c1-16-13-18(26-24(28)15-31-20-10-8-19(30-2)9-11-20)7-12-21(16)27-25(29)23-14-17-5-3-4-6-22(17)32-23/h3-14H,15H2,1-2H3,(H,26,28)(H,27,29). The predicted molar refractivity (Wildman–Crippen MR) is 122 cm³/mol. The molecule has 1 heterocycles. The van der Waals surface area contributed by atoms with Crippen LogP contribution in [0.1, 0.15) is 16.1 Å². The number of ether oxygens (including phenoxy) is 2. The highest BCUT2D eigenvalue weighted by atomic mass is 16.5. The van der Waals surface area contributed by atoms with Crippen LogP contribution < -0.4 is 20.1 Å². The Labute approximate surface area is 184 Å². The lowest BCUT2D eigenvalue weighted by Gasteiger charge is -2.11. The number of furan rings is 1. The third kappa shape index (κ3) is 4.89. The molecule has 0 saturated carbocycles. The van der Waals surface area contributed by atoms with E-state index in [0.717, 1.165) is 10.9 Å². The zero-order chi connectivity index (χ0) is 22.5. The Morgan fingerprint density at radius 3 is 2.38 bits per heavy atom. The molecule has 2 amide bonds. The van der Waals surface area contributed by atoms with Crippen molar-refractivity contribution in [3.63, 3.8) is 0 Å². The molecule has 4 aromatic rings. The Bertz CT molecular complexity index is 1230. The molecule has 0 aliphatic heterocycles. The summed E-state index contributed by atoms with van der Waals surface area (Å²) >= 11 is 0. The minimum absolute atomic E-state index is 0.129. The van der Waals surface area contributed by atoms with E-state index < -0.39 is 0 Å². The van der Waals surface area contributed by atoms with Gasteiger partial charge in [0.2, 0.25) is 0 Å². The molecular formula is C25H22N2O5.